The van der Waals surface area contributed by atoms with Crippen LogP contribution in [0.15, 0.2) is 46.2 Å². The van der Waals surface area contributed by atoms with Crippen molar-refractivity contribution in [1.29, 1.82) is 0 Å². The van der Waals surface area contributed by atoms with Gasteiger partial charge in [0.05, 0.1) is 16.8 Å². The van der Waals surface area contributed by atoms with E-state index in [1.807, 2.05) is 0 Å². The van der Waals surface area contributed by atoms with E-state index in [9.17, 15) is 4.79 Å². The Labute approximate surface area is 159 Å². The maximum atomic E-state index is 12.6. The highest BCUT2D eigenvalue weighted by molar-refractivity contribution is 9.10. The van der Waals surface area contributed by atoms with Gasteiger partial charge < -0.3 is 4.98 Å². The second kappa shape index (κ2) is 7.09. The molecule has 0 aliphatic carbocycles. The van der Waals surface area contributed by atoms with Crippen molar-refractivity contribution >= 4 is 15.9 Å². The highest BCUT2D eigenvalue weighted by atomic mass is 79.9. The molecule has 0 bridgehead atoms. The average Bonchev–Trinajstić information content (AvgIpc) is 2.65. The minimum Gasteiger partial charge on any atom is -0.306 e. The summed E-state index contributed by atoms with van der Waals surface area (Å²) in [5, 5.41) is 0. The Morgan fingerprint density at radius 3 is 2.85 bits per heavy atom. The lowest BCUT2D eigenvalue weighted by atomic mass is 10.1. The molecule has 7 heteroatoms. The van der Waals surface area contributed by atoms with Gasteiger partial charge in [-0.25, -0.2) is 15.0 Å². The number of halogens is 1. The summed E-state index contributed by atoms with van der Waals surface area (Å²) < 4.78 is 1.11. The highest BCUT2D eigenvalue weighted by Crippen LogP contribution is 2.23. The summed E-state index contributed by atoms with van der Waals surface area (Å²) in [5.74, 6) is 0.532. The molecule has 1 aliphatic heterocycles. The molecule has 3 heterocycles. The molecule has 4 rings (SSSR count). The summed E-state index contributed by atoms with van der Waals surface area (Å²) in [6.45, 7) is 4.35. The van der Waals surface area contributed by atoms with Crippen molar-refractivity contribution in [2.24, 2.45) is 0 Å². The Balaban J connectivity index is 1.58. The van der Waals surface area contributed by atoms with E-state index in [1.54, 1.807) is 12.4 Å². The van der Waals surface area contributed by atoms with Crippen molar-refractivity contribution in [3.8, 4) is 11.4 Å². The quantitative estimate of drug-likeness (QED) is 0.716. The Bertz CT molecular complexity index is 1000. The van der Waals surface area contributed by atoms with Crippen molar-refractivity contribution in [2.75, 3.05) is 6.54 Å². The Morgan fingerprint density at radius 2 is 2.08 bits per heavy atom. The zero-order valence-corrected chi connectivity index (χ0v) is 16.0. The van der Waals surface area contributed by atoms with Crippen LogP contribution < -0.4 is 5.56 Å². The topological polar surface area (TPSA) is 74.8 Å². The normalized spacial score (nSPS) is 14.2. The number of benzene rings is 1. The fourth-order valence-electron chi connectivity index (χ4n) is 3.20. The van der Waals surface area contributed by atoms with Gasteiger partial charge in [0.25, 0.3) is 5.56 Å². The van der Waals surface area contributed by atoms with Gasteiger partial charge in [0.1, 0.15) is 12.2 Å². The van der Waals surface area contributed by atoms with E-state index >= 15 is 0 Å². The zero-order chi connectivity index (χ0) is 18.1. The molecule has 0 amide bonds. The van der Waals surface area contributed by atoms with Crippen LogP contribution in [0.1, 0.15) is 22.4 Å². The van der Waals surface area contributed by atoms with E-state index in [0.717, 1.165) is 40.8 Å². The van der Waals surface area contributed by atoms with Gasteiger partial charge in [-0.05, 0) is 24.1 Å². The lowest BCUT2D eigenvalue weighted by Crippen LogP contribution is -2.35. The van der Waals surface area contributed by atoms with E-state index in [1.165, 1.54) is 17.5 Å². The number of nitrogens with zero attached hydrogens (tertiary/aromatic N) is 4. The molecule has 1 aliphatic rings. The summed E-state index contributed by atoms with van der Waals surface area (Å²) in [7, 11) is 0. The first-order chi connectivity index (χ1) is 12.6. The largest absolute Gasteiger partial charge is 0.306 e. The fraction of sp³-hybridized carbons (Fsp3) is 0.263. The SMILES string of the molecule is Cc1ccc(CN2CCc3nc(-c4cncnc4)[nH]c(=O)c3C2)c(Br)c1. The summed E-state index contributed by atoms with van der Waals surface area (Å²) in [4.78, 5) is 30.4. The third-order valence-electron chi connectivity index (χ3n) is 4.58. The number of rotatable bonds is 3. The van der Waals surface area contributed by atoms with Crippen molar-refractivity contribution in [2.45, 2.75) is 26.4 Å². The Morgan fingerprint density at radius 1 is 1.27 bits per heavy atom. The van der Waals surface area contributed by atoms with Gasteiger partial charge in [-0.2, -0.15) is 0 Å². The number of hydrogen-bond acceptors (Lipinski definition) is 5. The van der Waals surface area contributed by atoms with Crippen molar-refractivity contribution in [3.05, 3.63) is 74.1 Å². The van der Waals surface area contributed by atoms with E-state index in [4.69, 9.17) is 0 Å². The monoisotopic (exact) mass is 411 g/mol. The predicted molar refractivity (Wildman–Crippen MR) is 103 cm³/mol. The highest BCUT2D eigenvalue weighted by Gasteiger charge is 2.22. The number of aromatic nitrogens is 4. The van der Waals surface area contributed by atoms with Crippen LogP contribution in [0.25, 0.3) is 11.4 Å². The second-order valence-corrected chi connectivity index (χ2v) is 7.38. The van der Waals surface area contributed by atoms with Gasteiger partial charge in [-0.1, -0.05) is 28.1 Å². The molecule has 0 saturated carbocycles. The lowest BCUT2D eigenvalue weighted by molar-refractivity contribution is 0.241. The first-order valence-corrected chi connectivity index (χ1v) is 9.24. The molecule has 0 atom stereocenters. The van der Waals surface area contributed by atoms with Crippen molar-refractivity contribution < 1.29 is 0 Å². The molecule has 1 N–H and O–H groups in total. The van der Waals surface area contributed by atoms with Crippen molar-refractivity contribution in [3.63, 3.8) is 0 Å². The summed E-state index contributed by atoms with van der Waals surface area (Å²) in [6, 6.07) is 6.37. The van der Waals surface area contributed by atoms with Crippen LogP contribution in [-0.4, -0.2) is 31.4 Å². The average molecular weight is 412 g/mol. The number of nitrogens with one attached hydrogen (secondary N) is 1. The van der Waals surface area contributed by atoms with Crippen LogP contribution in [0.4, 0.5) is 0 Å². The number of aromatic amines is 1. The predicted octanol–water partition coefficient (Wildman–Crippen LogP) is 2.86. The molecule has 0 fully saturated rings. The molecule has 26 heavy (non-hydrogen) atoms. The third-order valence-corrected chi connectivity index (χ3v) is 5.32. The zero-order valence-electron chi connectivity index (χ0n) is 14.4. The summed E-state index contributed by atoms with van der Waals surface area (Å²) in [5.41, 5.74) is 4.70. The van der Waals surface area contributed by atoms with Crippen LogP contribution in [0.5, 0.6) is 0 Å². The number of H-pyrrole nitrogens is 1. The van der Waals surface area contributed by atoms with Crippen LogP contribution in [-0.2, 0) is 19.5 Å². The Hall–Kier alpha value is -2.38. The smallest absolute Gasteiger partial charge is 0.255 e. The number of hydrogen-bond donors (Lipinski definition) is 1. The van der Waals surface area contributed by atoms with E-state index in [0.29, 0.717) is 12.4 Å². The van der Waals surface area contributed by atoms with E-state index in [2.05, 4.69) is 65.9 Å². The molecule has 1 aromatic carbocycles. The molecule has 0 saturated heterocycles. The van der Waals surface area contributed by atoms with Crippen LogP contribution in [0, 0.1) is 6.92 Å². The maximum absolute atomic E-state index is 12.6. The molecule has 0 radical (unpaired) electrons. The summed E-state index contributed by atoms with van der Waals surface area (Å²) in [6.07, 6.45) is 5.52. The number of aryl methyl sites for hydroxylation is 1. The number of fused-ring (bicyclic) bond motifs is 1. The molecule has 0 unspecified atom stereocenters. The van der Waals surface area contributed by atoms with Crippen LogP contribution in [0.3, 0.4) is 0 Å². The second-order valence-electron chi connectivity index (χ2n) is 6.52. The van der Waals surface area contributed by atoms with E-state index < -0.39 is 0 Å². The molecule has 2 aromatic heterocycles. The third kappa shape index (κ3) is 3.45. The van der Waals surface area contributed by atoms with Crippen LogP contribution >= 0.6 is 15.9 Å². The van der Waals surface area contributed by atoms with Crippen molar-refractivity contribution in [1.82, 2.24) is 24.8 Å². The van der Waals surface area contributed by atoms with E-state index in [-0.39, 0.29) is 5.56 Å². The first-order valence-electron chi connectivity index (χ1n) is 8.45. The van der Waals surface area contributed by atoms with Gasteiger partial charge in [0.15, 0.2) is 0 Å². The maximum Gasteiger partial charge on any atom is 0.255 e. The molecular weight excluding hydrogens is 394 g/mol. The molecule has 6 nitrogen and oxygen atoms in total. The summed E-state index contributed by atoms with van der Waals surface area (Å²) >= 11 is 3.64. The molecular formula is C19H18BrN5O. The van der Waals surface area contributed by atoms with Gasteiger partial charge in [-0.15, -0.1) is 0 Å². The molecule has 0 spiro atoms. The minimum absolute atomic E-state index is 0.0819. The molecule has 132 valence electrons. The lowest BCUT2D eigenvalue weighted by Gasteiger charge is -2.28. The van der Waals surface area contributed by atoms with Gasteiger partial charge in [0, 0.05) is 42.9 Å². The van der Waals surface area contributed by atoms with Gasteiger partial charge >= 0.3 is 0 Å². The van der Waals surface area contributed by atoms with Gasteiger partial charge in [0.2, 0.25) is 0 Å². The fourth-order valence-corrected chi connectivity index (χ4v) is 3.81. The Kier molecular flexibility index (Phi) is 4.65. The van der Waals surface area contributed by atoms with Gasteiger partial charge in [-0.3, -0.25) is 9.69 Å². The standard InChI is InChI=1S/C19H18BrN5O/c1-12-2-3-13(16(20)6-12)9-25-5-4-17-15(10-25)19(26)24-18(23-17)14-7-21-11-22-8-14/h2-3,6-8,11H,4-5,9-10H2,1H3,(H,23,24,26). The minimum atomic E-state index is -0.0819. The first kappa shape index (κ1) is 17.1. The van der Waals surface area contributed by atoms with Crippen LogP contribution in [0.2, 0.25) is 0 Å². The molecule has 3 aromatic rings.